The molecule has 5 aliphatic rings. The number of hydrogen-bond acceptors (Lipinski definition) is 7. The summed E-state index contributed by atoms with van der Waals surface area (Å²) < 4.78 is 11.4. The zero-order chi connectivity index (χ0) is 23.7. The van der Waals surface area contributed by atoms with Crippen LogP contribution in [0.2, 0.25) is 0 Å². The molecule has 8 heteroatoms. The molecule has 8 nitrogen and oxygen atoms in total. The third-order valence-corrected chi connectivity index (χ3v) is 10.5. The average Bonchev–Trinajstić information content (AvgIpc) is 3.08. The van der Waals surface area contributed by atoms with Crippen molar-refractivity contribution in [2.75, 3.05) is 0 Å². The molecule has 0 radical (unpaired) electrons. The number of fused-ring (bicyclic) bond motifs is 5. The third-order valence-electron chi connectivity index (χ3n) is 10.5. The summed E-state index contributed by atoms with van der Waals surface area (Å²) in [6.45, 7) is 4.62. The number of aliphatic hydroxyl groups is 3. The Morgan fingerprint density at radius 1 is 0.970 bits per heavy atom. The Labute approximate surface area is 194 Å². The summed E-state index contributed by atoms with van der Waals surface area (Å²) in [5, 5.41) is 39.6. The zero-order valence-electron chi connectivity index (χ0n) is 19.6. The second-order valence-electron chi connectivity index (χ2n) is 11.8. The van der Waals surface area contributed by atoms with Crippen LogP contribution in [0.4, 0.5) is 0 Å². The normalized spacial score (nSPS) is 54.3. The van der Waals surface area contributed by atoms with Crippen molar-refractivity contribution in [1.82, 2.24) is 0 Å². The summed E-state index contributed by atoms with van der Waals surface area (Å²) in [5.74, 6) is 1.28. The number of rotatable bonds is 3. The van der Waals surface area contributed by atoms with Crippen LogP contribution in [0.15, 0.2) is 0 Å². The molecule has 12 atom stereocenters. The highest BCUT2D eigenvalue weighted by molar-refractivity contribution is 5.87. The molecule has 0 aromatic carbocycles. The maximum Gasteiger partial charge on any atom is 0.335 e. The Morgan fingerprint density at radius 3 is 2.45 bits per heavy atom. The topological polar surface area (TPSA) is 134 Å². The fourth-order valence-corrected chi connectivity index (χ4v) is 8.47. The van der Waals surface area contributed by atoms with Gasteiger partial charge in [0.1, 0.15) is 24.1 Å². The maximum atomic E-state index is 12.6. The second-order valence-corrected chi connectivity index (χ2v) is 11.8. The highest BCUT2D eigenvalue weighted by Crippen LogP contribution is 2.65. The molecule has 1 aliphatic heterocycles. The minimum absolute atomic E-state index is 0.120. The quantitative estimate of drug-likeness (QED) is 0.463. The number of carboxylic acids is 1. The van der Waals surface area contributed by atoms with E-state index in [-0.39, 0.29) is 16.9 Å². The van der Waals surface area contributed by atoms with Gasteiger partial charge in [-0.1, -0.05) is 13.8 Å². The van der Waals surface area contributed by atoms with Crippen LogP contribution in [0.1, 0.15) is 71.6 Å². The first kappa shape index (κ1) is 23.7. The fourth-order valence-electron chi connectivity index (χ4n) is 8.47. The lowest BCUT2D eigenvalue weighted by Gasteiger charge is -2.60. The minimum atomic E-state index is -1.71. The molecule has 4 aliphatic carbocycles. The Balaban J connectivity index is 1.26. The van der Waals surface area contributed by atoms with Crippen LogP contribution in [0.3, 0.4) is 0 Å². The molecule has 4 saturated carbocycles. The van der Waals surface area contributed by atoms with Gasteiger partial charge in [0.05, 0.1) is 6.10 Å². The predicted molar refractivity (Wildman–Crippen MR) is 116 cm³/mol. The molecule has 0 bridgehead atoms. The number of ether oxygens (including phenoxy) is 2. The first-order chi connectivity index (χ1) is 15.6. The number of aliphatic hydroxyl groups excluding tert-OH is 3. The van der Waals surface area contributed by atoms with Crippen LogP contribution in [0.5, 0.6) is 0 Å². The Hall–Kier alpha value is -1.06. The fraction of sp³-hybridized carbons (Fsp3) is 0.920. The molecule has 4 N–H and O–H groups in total. The Kier molecular flexibility index (Phi) is 5.93. The van der Waals surface area contributed by atoms with Crippen molar-refractivity contribution in [3.05, 3.63) is 0 Å². The number of ketones is 1. The first-order valence-corrected chi connectivity index (χ1v) is 12.7. The zero-order valence-corrected chi connectivity index (χ0v) is 19.6. The van der Waals surface area contributed by atoms with Crippen molar-refractivity contribution in [3.63, 3.8) is 0 Å². The van der Waals surface area contributed by atoms with E-state index >= 15 is 0 Å². The molecule has 0 aromatic rings. The number of aliphatic carboxylic acids is 1. The number of carbonyl (C=O) groups is 2. The number of carbonyl (C=O) groups excluding carboxylic acids is 1. The number of Topliss-reactive ketones (excluding diaryl/α,β-unsaturated/α-hetero) is 1. The monoisotopic (exact) mass is 466 g/mol. The van der Waals surface area contributed by atoms with E-state index in [1.165, 1.54) is 0 Å². The second kappa shape index (κ2) is 8.26. The van der Waals surface area contributed by atoms with Gasteiger partial charge in [-0.25, -0.2) is 4.79 Å². The molecule has 0 aromatic heterocycles. The highest BCUT2D eigenvalue weighted by atomic mass is 16.7. The van der Waals surface area contributed by atoms with Crippen molar-refractivity contribution in [2.24, 2.45) is 34.5 Å². The van der Waals surface area contributed by atoms with Gasteiger partial charge >= 0.3 is 5.97 Å². The van der Waals surface area contributed by atoms with Crippen molar-refractivity contribution in [1.29, 1.82) is 0 Å². The number of hydrogen-bond donors (Lipinski definition) is 4. The maximum absolute atomic E-state index is 12.6. The summed E-state index contributed by atoms with van der Waals surface area (Å²) in [5.41, 5.74) is 0.0757. The third kappa shape index (κ3) is 3.59. The van der Waals surface area contributed by atoms with Crippen molar-refractivity contribution >= 4 is 11.8 Å². The number of carboxylic acid groups (broad SMARTS) is 1. The molecule has 33 heavy (non-hydrogen) atoms. The van der Waals surface area contributed by atoms with Gasteiger partial charge in [-0.15, -0.1) is 0 Å². The van der Waals surface area contributed by atoms with Crippen LogP contribution < -0.4 is 0 Å². The lowest BCUT2D eigenvalue weighted by atomic mass is 9.45. The van der Waals surface area contributed by atoms with Crippen molar-refractivity contribution < 1.29 is 39.5 Å². The molecular formula is C25H38O8. The summed E-state index contributed by atoms with van der Waals surface area (Å²) in [6, 6.07) is 0. The molecule has 3 unspecified atom stereocenters. The predicted octanol–water partition coefficient (Wildman–Crippen LogP) is 1.88. The summed E-state index contributed by atoms with van der Waals surface area (Å²) >= 11 is 0. The SMILES string of the molecule is C[C@]12CC[C@H](O[C@@H]3OC(C(=O)O)[C@H](O)C(O)C3O)C[C@H]1CC[C@@H]1[C@H]2CC[C@]2(C)C(=O)CC[C@H]12. The molecule has 5 rings (SSSR count). The Morgan fingerprint density at radius 2 is 1.73 bits per heavy atom. The van der Waals surface area contributed by atoms with E-state index in [9.17, 15) is 30.0 Å². The van der Waals surface area contributed by atoms with Crippen LogP contribution in [0, 0.1) is 34.5 Å². The molecule has 186 valence electrons. The summed E-state index contributed by atoms with van der Waals surface area (Å²) in [6.07, 6.45) is 0.719. The largest absolute Gasteiger partial charge is 0.479 e. The standard InChI is InChI=1S/C25H38O8/c1-24-9-7-13(32-23-20(29)18(27)19(28)21(33-23)22(30)31)11-12(24)3-4-14-15-5-6-17(26)25(15,2)10-8-16(14)24/h12-16,18-21,23,27-29H,3-11H2,1-2H3,(H,30,31)/t12-,13+,14+,15-,16-,18?,19-,20?,21?,23-,24+,25+/m1/s1. The van der Waals surface area contributed by atoms with E-state index in [2.05, 4.69) is 13.8 Å². The van der Waals surface area contributed by atoms with E-state index in [0.717, 1.165) is 57.8 Å². The van der Waals surface area contributed by atoms with Gasteiger partial charge in [-0.2, -0.15) is 0 Å². The molecule has 0 spiro atoms. The van der Waals surface area contributed by atoms with Gasteiger partial charge in [0.2, 0.25) is 0 Å². The summed E-state index contributed by atoms with van der Waals surface area (Å²) in [4.78, 5) is 24.0. The molecular weight excluding hydrogens is 428 g/mol. The van der Waals surface area contributed by atoms with Gasteiger partial charge in [0.25, 0.3) is 0 Å². The van der Waals surface area contributed by atoms with Crippen LogP contribution in [-0.4, -0.2) is 69.0 Å². The lowest BCUT2D eigenvalue weighted by Crippen LogP contribution is -2.61. The van der Waals surface area contributed by atoms with Crippen LogP contribution in [0.25, 0.3) is 0 Å². The Bertz CT molecular complexity index is 801. The van der Waals surface area contributed by atoms with E-state index in [4.69, 9.17) is 9.47 Å². The first-order valence-electron chi connectivity index (χ1n) is 12.7. The van der Waals surface area contributed by atoms with Crippen molar-refractivity contribution in [3.8, 4) is 0 Å². The van der Waals surface area contributed by atoms with E-state index in [0.29, 0.717) is 29.5 Å². The van der Waals surface area contributed by atoms with Crippen LogP contribution in [-0.2, 0) is 19.1 Å². The highest BCUT2D eigenvalue weighted by Gasteiger charge is 2.60. The molecule has 1 heterocycles. The molecule has 5 fully saturated rings. The minimum Gasteiger partial charge on any atom is -0.479 e. The van der Waals surface area contributed by atoms with E-state index < -0.39 is 36.7 Å². The van der Waals surface area contributed by atoms with Gasteiger partial charge < -0.3 is 29.9 Å². The van der Waals surface area contributed by atoms with Gasteiger partial charge in [-0.05, 0) is 80.5 Å². The smallest absolute Gasteiger partial charge is 0.335 e. The molecule has 0 amide bonds. The van der Waals surface area contributed by atoms with E-state index in [1.54, 1.807) is 0 Å². The van der Waals surface area contributed by atoms with Crippen molar-refractivity contribution in [2.45, 2.75) is 108 Å². The van der Waals surface area contributed by atoms with E-state index in [1.807, 2.05) is 0 Å². The summed E-state index contributed by atoms with van der Waals surface area (Å²) in [7, 11) is 0. The van der Waals surface area contributed by atoms with Gasteiger partial charge in [0.15, 0.2) is 12.4 Å². The van der Waals surface area contributed by atoms with Gasteiger partial charge in [0, 0.05) is 11.8 Å². The lowest BCUT2D eigenvalue weighted by molar-refractivity contribution is -0.309. The van der Waals surface area contributed by atoms with Gasteiger partial charge in [-0.3, -0.25) is 4.79 Å². The van der Waals surface area contributed by atoms with Crippen LogP contribution >= 0.6 is 0 Å². The molecule has 1 saturated heterocycles. The average molecular weight is 467 g/mol.